The lowest BCUT2D eigenvalue weighted by atomic mass is 9.66. The highest BCUT2D eigenvalue weighted by atomic mass is 16.1. The summed E-state index contributed by atoms with van der Waals surface area (Å²) < 4.78 is 0. The van der Waals surface area contributed by atoms with Crippen molar-refractivity contribution in [2.45, 2.75) is 60.3 Å². The lowest BCUT2D eigenvalue weighted by Gasteiger charge is -2.37. The second-order valence-corrected chi connectivity index (χ2v) is 7.66. The van der Waals surface area contributed by atoms with E-state index < -0.39 is 0 Å². The highest BCUT2D eigenvalue weighted by molar-refractivity contribution is 6.25. The van der Waals surface area contributed by atoms with Gasteiger partial charge in [0.2, 0.25) is 5.78 Å². The molecular weight excluding hydrogens is 298 g/mol. The molecule has 2 aliphatic carbocycles. The standard InChI is InChI=1S/C21H31NO2/c1-12(2)8-7-9-13(3)16-11-10-14(4)17-18(16)20(23)15(5)19(22-6)21(17)24/h8,13-14,16,22H,7,9-11H2,1-6H3. The van der Waals surface area contributed by atoms with Gasteiger partial charge in [0, 0.05) is 23.8 Å². The van der Waals surface area contributed by atoms with Crippen molar-refractivity contribution in [1.29, 1.82) is 0 Å². The zero-order chi connectivity index (χ0) is 18.0. The van der Waals surface area contributed by atoms with Crippen molar-refractivity contribution in [2.24, 2.45) is 17.8 Å². The highest BCUT2D eigenvalue weighted by Gasteiger charge is 2.41. The maximum atomic E-state index is 13.0. The number of Topliss-reactive ketones (excluding diaryl/α,β-unsaturated/α-hetero) is 2. The largest absolute Gasteiger partial charge is 0.385 e. The number of likely N-dealkylation sites (N-methyl/N-ethyl adjacent to an activating group) is 1. The molecule has 0 aromatic heterocycles. The summed E-state index contributed by atoms with van der Waals surface area (Å²) in [5.74, 6) is 0.928. The maximum Gasteiger partial charge on any atom is 0.205 e. The SMILES string of the molecule is CNC1=C(C)C(=O)C2=C(C1=O)C(C)CCC2C(C)CCC=C(C)C. The molecule has 0 spiro atoms. The Kier molecular flexibility index (Phi) is 5.84. The predicted octanol–water partition coefficient (Wildman–Crippen LogP) is 4.36. The van der Waals surface area contributed by atoms with Gasteiger partial charge in [0.15, 0.2) is 5.78 Å². The van der Waals surface area contributed by atoms with Gasteiger partial charge >= 0.3 is 0 Å². The number of carbonyl (C=O) groups is 2. The molecule has 0 amide bonds. The Morgan fingerprint density at radius 2 is 1.88 bits per heavy atom. The van der Waals surface area contributed by atoms with Crippen molar-refractivity contribution in [1.82, 2.24) is 5.32 Å². The van der Waals surface area contributed by atoms with Crippen molar-refractivity contribution in [3.05, 3.63) is 34.1 Å². The molecule has 3 atom stereocenters. The van der Waals surface area contributed by atoms with Gasteiger partial charge in [-0.2, -0.15) is 0 Å². The second kappa shape index (κ2) is 7.50. The molecule has 0 aromatic carbocycles. The third kappa shape index (κ3) is 3.40. The van der Waals surface area contributed by atoms with Crippen LogP contribution >= 0.6 is 0 Å². The summed E-state index contributed by atoms with van der Waals surface area (Å²) in [6, 6.07) is 0. The molecule has 3 unspecified atom stereocenters. The predicted molar refractivity (Wildman–Crippen MR) is 98.5 cm³/mol. The quantitative estimate of drug-likeness (QED) is 0.602. The van der Waals surface area contributed by atoms with E-state index in [1.165, 1.54) is 5.57 Å². The van der Waals surface area contributed by atoms with E-state index in [0.29, 0.717) is 17.2 Å². The Morgan fingerprint density at radius 1 is 1.21 bits per heavy atom. The van der Waals surface area contributed by atoms with E-state index >= 15 is 0 Å². The summed E-state index contributed by atoms with van der Waals surface area (Å²) in [6.07, 6.45) is 6.36. The lowest BCUT2D eigenvalue weighted by Crippen LogP contribution is -2.37. The molecule has 3 nitrogen and oxygen atoms in total. The molecule has 0 aliphatic heterocycles. The minimum Gasteiger partial charge on any atom is -0.385 e. The minimum absolute atomic E-state index is 0.0401. The third-order valence-electron chi connectivity index (χ3n) is 5.61. The van der Waals surface area contributed by atoms with Gasteiger partial charge in [-0.3, -0.25) is 9.59 Å². The Morgan fingerprint density at radius 3 is 2.46 bits per heavy atom. The van der Waals surface area contributed by atoms with Gasteiger partial charge in [0.25, 0.3) is 0 Å². The summed E-state index contributed by atoms with van der Waals surface area (Å²) in [4.78, 5) is 25.9. The van der Waals surface area contributed by atoms with Gasteiger partial charge in [0.1, 0.15) is 0 Å². The van der Waals surface area contributed by atoms with Crippen LogP contribution in [0.15, 0.2) is 34.1 Å². The van der Waals surface area contributed by atoms with Crippen LogP contribution in [0.5, 0.6) is 0 Å². The summed E-state index contributed by atoms with van der Waals surface area (Å²) >= 11 is 0. The van der Waals surface area contributed by atoms with Crippen LogP contribution in [0.1, 0.15) is 60.3 Å². The number of hydrogen-bond acceptors (Lipinski definition) is 3. The number of allylic oxidation sites excluding steroid dienone is 5. The van der Waals surface area contributed by atoms with Gasteiger partial charge in [0.05, 0.1) is 5.70 Å². The Hall–Kier alpha value is -1.64. The van der Waals surface area contributed by atoms with Crippen LogP contribution in [0.4, 0.5) is 0 Å². The number of nitrogens with one attached hydrogen (secondary N) is 1. The fourth-order valence-corrected chi connectivity index (χ4v) is 4.15. The average molecular weight is 329 g/mol. The molecular formula is C21H31NO2. The number of hydrogen-bond donors (Lipinski definition) is 1. The normalized spacial score (nSPS) is 25.6. The summed E-state index contributed by atoms with van der Waals surface area (Å²) in [6.45, 7) is 10.3. The first-order chi connectivity index (χ1) is 11.3. The minimum atomic E-state index is 0.0401. The molecule has 3 heteroatoms. The molecule has 1 N–H and O–H groups in total. The fraction of sp³-hybridized carbons (Fsp3) is 0.619. The number of ketones is 2. The smallest absolute Gasteiger partial charge is 0.205 e. The Balaban J connectivity index is 2.35. The van der Waals surface area contributed by atoms with E-state index in [9.17, 15) is 9.59 Å². The fourth-order valence-electron chi connectivity index (χ4n) is 4.15. The molecule has 0 radical (unpaired) electrons. The van der Waals surface area contributed by atoms with Gasteiger partial charge < -0.3 is 5.32 Å². The van der Waals surface area contributed by atoms with Crippen molar-refractivity contribution < 1.29 is 9.59 Å². The van der Waals surface area contributed by atoms with Crippen LogP contribution in [0.3, 0.4) is 0 Å². The maximum absolute atomic E-state index is 13.0. The Labute approximate surface area is 146 Å². The van der Waals surface area contributed by atoms with Crippen LogP contribution in [-0.4, -0.2) is 18.6 Å². The lowest BCUT2D eigenvalue weighted by molar-refractivity contribution is -0.118. The molecule has 132 valence electrons. The van der Waals surface area contributed by atoms with Crippen molar-refractivity contribution >= 4 is 11.6 Å². The van der Waals surface area contributed by atoms with Crippen LogP contribution in [-0.2, 0) is 9.59 Å². The summed E-state index contributed by atoms with van der Waals surface area (Å²) in [5.41, 5.74) is 4.00. The van der Waals surface area contributed by atoms with Crippen molar-refractivity contribution in [3.8, 4) is 0 Å². The van der Waals surface area contributed by atoms with Gasteiger partial charge in [-0.05, 0) is 64.2 Å². The third-order valence-corrected chi connectivity index (χ3v) is 5.61. The van der Waals surface area contributed by atoms with Crippen LogP contribution in [0.2, 0.25) is 0 Å². The Bertz CT molecular complexity index is 632. The molecule has 24 heavy (non-hydrogen) atoms. The molecule has 0 saturated carbocycles. The van der Waals surface area contributed by atoms with Gasteiger partial charge in [-0.25, -0.2) is 0 Å². The second-order valence-electron chi connectivity index (χ2n) is 7.66. The first-order valence-electron chi connectivity index (χ1n) is 9.15. The van der Waals surface area contributed by atoms with Crippen molar-refractivity contribution in [3.63, 3.8) is 0 Å². The number of rotatable bonds is 5. The van der Waals surface area contributed by atoms with E-state index in [2.05, 4.69) is 39.1 Å². The summed E-state index contributed by atoms with van der Waals surface area (Å²) in [5, 5.41) is 2.95. The molecule has 0 fully saturated rings. The highest BCUT2D eigenvalue weighted by Crippen LogP contribution is 2.44. The van der Waals surface area contributed by atoms with E-state index in [1.807, 2.05) is 0 Å². The van der Waals surface area contributed by atoms with Gasteiger partial charge in [-0.15, -0.1) is 0 Å². The molecule has 2 aliphatic rings. The topological polar surface area (TPSA) is 46.2 Å². The zero-order valence-corrected chi connectivity index (χ0v) is 16.0. The van der Waals surface area contributed by atoms with E-state index in [4.69, 9.17) is 0 Å². The monoisotopic (exact) mass is 329 g/mol. The van der Waals surface area contributed by atoms with Gasteiger partial charge in [-0.1, -0.05) is 25.5 Å². The molecule has 0 bridgehead atoms. The average Bonchev–Trinajstić information content (AvgIpc) is 2.52. The first-order valence-corrected chi connectivity index (χ1v) is 9.15. The van der Waals surface area contributed by atoms with E-state index in [1.54, 1.807) is 14.0 Å². The summed E-state index contributed by atoms with van der Waals surface area (Å²) in [7, 11) is 1.72. The van der Waals surface area contributed by atoms with Crippen LogP contribution < -0.4 is 5.32 Å². The van der Waals surface area contributed by atoms with Crippen LogP contribution in [0, 0.1) is 17.8 Å². The molecule has 2 rings (SSSR count). The zero-order valence-electron chi connectivity index (χ0n) is 16.0. The first kappa shape index (κ1) is 18.7. The molecule has 0 saturated heterocycles. The van der Waals surface area contributed by atoms with E-state index in [0.717, 1.165) is 36.8 Å². The number of carbonyl (C=O) groups excluding carboxylic acids is 2. The van der Waals surface area contributed by atoms with Crippen molar-refractivity contribution in [2.75, 3.05) is 7.05 Å². The van der Waals surface area contributed by atoms with Crippen LogP contribution in [0.25, 0.3) is 0 Å². The molecule has 0 heterocycles. The molecule has 0 aromatic rings. The van der Waals surface area contributed by atoms with E-state index in [-0.39, 0.29) is 23.4 Å².